The Morgan fingerprint density at radius 3 is 1.17 bits per heavy atom. The molecular weight excluding hydrogens is 657 g/mol. The van der Waals surface area contributed by atoms with E-state index >= 15 is 0 Å². The van der Waals surface area contributed by atoms with Gasteiger partial charge in [0, 0.05) is 38.3 Å². The molecule has 0 nitrogen and oxygen atoms in total. The first-order valence-electron chi connectivity index (χ1n) is 18.3. The SMILES string of the molecule is CCCCCCCCc1ccc(/C=C/c2cc3sc(-c4cc5sc(/C=C/c6ccc(CCCCCCCC)cc6)cc5s4)cc3s2)cc1. The summed E-state index contributed by atoms with van der Waals surface area (Å²) in [5.41, 5.74) is 5.49. The summed E-state index contributed by atoms with van der Waals surface area (Å²) in [7, 11) is 0. The van der Waals surface area contributed by atoms with Gasteiger partial charge in [0.15, 0.2) is 0 Å². The lowest BCUT2D eigenvalue weighted by Gasteiger charge is -2.03. The number of rotatable bonds is 19. The van der Waals surface area contributed by atoms with Gasteiger partial charge in [-0.2, -0.15) is 0 Å². The maximum absolute atomic E-state index is 2.39. The lowest BCUT2D eigenvalue weighted by Crippen LogP contribution is -1.86. The Bertz CT molecular complexity index is 1680. The van der Waals surface area contributed by atoms with E-state index in [-0.39, 0.29) is 0 Å². The first kappa shape index (κ1) is 35.1. The number of hydrogen-bond acceptors (Lipinski definition) is 4. The summed E-state index contributed by atoms with van der Waals surface area (Å²) in [5, 5.41) is 0. The highest BCUT2D eigenvalue weighted by Gasteiger charge is 2.12. The van der Waals surface area contributed by atoms with E-state index in [0.29, 0.717) is 0 Å². The Morgan fingerprint density at radius 2 is 0.771 bits per heavy atom. The average Bonchev–Trinajstić information content (AvgIpc) is 3.87. The number of unbranched alkanes of at least 4 members (excludes halogenated alkanes) is 10. The fourth-order valence-corrected chi connectivity index (χ4v) is 11.0. The molecule has 0 aliphatic heterocycles. The van der Waals surface area contributed by atoms with Crippen molar-refractivity contribution in [3.8, 4) is 9.75 Å². The average molecular weight is 707 g/mol. The molecule has 2 aromatic carbocycles. The lowest BCUT2D eigenvalue weighted by molar-refractivity contribution is 0.607. The van der Waals surface area contributed by atoms with Gasteiger partial charge in [0.1, 0.15) is 0 Å². The molecule has 4 heterocycles. The van der Waals surface area contributed by atoms with Crippen LogP contribution in [0.2, 0.25) is 0 Å². The second kappa shape index (κ2) is 18.3. The van der Waals surface area contributed by atoms with Gasteiger partial charge in [0.25, 0.3) is 0 Å². The first-order valence-corrected chi connectivity index (χ1v) is 21.5. The second-order valence-corrected chi connectivity index (χ2v) is 17.6. The fraction of sp³-hybridized carbons (Fsp3) is 0.364. The summed E-state index contributed by atoms with van der Waals surface area (Å²) < 4.78 is 5.56. The Labute approximate surface area is 304 Å². The van der Waals surface area contributed by atoms with E-state index in [1.807, 2.05) is 45.3 Å². The van der Waals surface area contributed by atoms with E-state index in [9.17, 15) is 0 Å². The van der Waals surface area contributed by atoms with Crippen LogP contribution in [-0.4, -0.2) is 0 Å². The summed E-state index contributed by atoms with van der Waals surface area (Å²) in [4.78, 5) is 5.43. The molecular formula is C44H50S4. The molecule has 6 rings (SSSR count). The van der Waals surface area contributed by atoms with Crippen LogP contribution in [0.3, 0.4) is 0 Å². The smallest absolute Gasteiger partial charge is 0.0464 e. The maximum atomic E-state index is 2.39. The van der Waals surface area contributed by atoms with Gasteiger partial charge in [-0.1, -0.05) is 139 Å². The van der Waals surface area contributed by atoms with E-state index in [1.165, 1.54) is 150 Å². The number of fused-ring (bicyclic) bond motifs is 2. The monoisotopic (exact) mass is 706 g/mol. The van der Waals surface area contributed by atoms with Gasteiger partial charge in [-0.15, -0.1) is 45.3 Å². The summed E-state index contributed by atoms with van der Waals surface area (Å²) in [6.45, 7) is 4.57. The quantitative estimate of drug-likeness (QED) is 0.0736. The predicted molar refractivity (Wildman–Crippen MR) is 223 cm³/mol. The van der Waals surface area contributed by atoms with Gasteiger partial charge in [-0.05, 0) is 84.4 Å². The van der Waals surface area contributed by atoms with Crippen LogP contribution in [-0.2, 0) is 12.8 Å². The van der Waals surface area contributed by atoms with Crippen LogP contribution in [0.1, 0.15) is 123 Å². The molecule has 0 fully saturated rings. The predicted octanol–water partition coefficient (Wildman–Crippen LogP) is 16.1. The van der Waals surface area contributed by atoms with Gasteiger partial charge < -0.3 is 0 Å². The molecule has 250 valence electrons. The minimum Gasteiger partial charge on any atom is -0.135 e. The van der Waals surface area contributed by atoms with Gasteiger partial charge in [0.2, 0.25) is 0 Å². The number of aryl methyl sites for hydroxylation is 2. The van der Waals surface area contributed by atoms with E-state index in [2.05, 4.69) is 111 Å². The molecule has 0 N–H and O–H groups in total. The van der Waals surface area contributed by atoms with Crippen molar-refractivity contribution in [2.75, 3.05) is 0 Å². The zero-order chi connectivity index (χ0) is 33.0. The molecule has 0 amide bonds. The molecule has 0 bridgehead atoms. The molecule has 0 radical (unpaired) electrons. The highest BCUT2D eigenvalue weighted by atomic mass is 32.1. The fourth-order valence-electron chi connectivity index (χ4n) is 6.28. The molecule has 0 atom stereocenters. The lowest BCUT2D eigenvalue weighted by atomic mass is 10.0. The minimum absolute atomic E-state index is 1.20. The molecule has 4 heteroatoms. The van der Waals surface area contributed by atoms with Crippen LogP contribution in [0.15, 0.2) is 72.8 Å². The molecule has 48 heavy (non-hydrogen) atoms. The topological polar surface area (TPSA) is 0 Å². The van der Waals surface area contributed by atoms with Crippen molar-refractivity contribution in [2.24, 2.45) is 0 Å². The first-order chi connectivity index (χ1) is 23.7. The highest BCUT2D eigenvalue weighted by Crippen LogP contribution is 2.44. The molecule has 0 aliphatic carbocycles. The summed E-state index contributed by atoms with van der Waals surface area (Å²) in [6.07, 6.45) is 27.8. The Balaban J connectivity index is 0.992. The zero-order valence-electron chi connectivity index (χ0n) is 28.8. The van der Waals surface area contributed by atoms with Gasteiger partial charge in [-0.25, -0.2) is 0 Å². The van der Waals surface area contributed by atoms with E-state index in [4.69, 9.17) is 0 Å². The Morgan fingerprint density at radius 1 is 0.396 bits per heavy atom. The third-order valence-corrected chi connectivity index (χ3v) is 13.9. The van der Waals surface area contributed by atoms with Crippen LogP contribution in [0, 0.1) is 0 Å². The van der Waals surface area contributed by atoms with Crippen LogP contribution >= 0.6 is 45.3 Å². The normalized spacial score (nSPS) is 12.1. The van der Waals surface area contributed by atoms with Crippen LogP contribution < -0.4 is 0 Å². The molecule has 6 aromatic rings. The van der Waals surface area contributed by atoms with Crippen molar-refractivity contribution in [1.29, 1.82) is 0 Å². The Hall–Kier alpha value is -2.76. The van der Waals surface area contributed by atoms with E-state index in [1.54, 1.807) is 0 Å². The zero-order valence-corrected chi connectivity index (χ0v) is 32.0. The summed E-state index contributed by atoms with van der Waals surface area (Å²) >= 11 is 7.65. The molecule has 4 aromatic heterocycles. The highest BCUT2D eigenvalue weighted by molar-refractivity contribution is 7.34. The molecule has 0 aliphatic rings. The maximum Gasteiger partial charge on any atom is 0.0464 e. The van der Waals surface area contributed by atoms with Gasteiger partial charge in [-0.3, -0.25) is 0 Å². The Kier molecular flexibility index (Phi) is 13.4. The van der Waals surface area contributed by atoms with Crippen LogP contribution in [0.5, 0.6) is 0 Å². The van der Waals surface area contributed by atoms with Crippen molar-refractivity contribution in [1.82, 2.24) is 0 Å². The molecule has 0 spiro atoms. The molecule has 0 saturated heterocycles. The van der Waals surface area contributed by atoms with Crippen LogP contribution in [0.4, 0.5) is 0 Å². The number of benzene rings is 2. The van der Waals surface area contributed by atoms with Gasteiger partial charge in [0.05, 0.1) is 0 Å². The molecule has 0 unspecified atom stereocenters. The van der Waals surface area contributed by atoms with Crippen molar-refractivity contribution >= 4 is 88.5 Å². The summed E-state index contributed by atoms with van der Waals surface area (Å²) in [6, 6.07) is 27.8. The third kappa shape index (κ3) is 10.1. The standard InChI is InChI=1S/C44H50S4/c1-3-5-7-9-11-13-15-33-17-21-35(22-18-33)25-27-37-29-39-41(45-37)31-43(47-39)44-32-42-40(48-44)30-38(46-42)28-26-36-23-19-34(20-24-36)16-14-12-10-8-6-4-2/h17-32H,3-16H2,1-2H3/b27-25+,28-26+. The van der Waals surface area contributed by atoms with Crippen molar-refractivity contribution in [2.45, 2.75) is 104 Å². The largest absolute Gasteiger partial charge is 0.135 e. The van der Waals surface area contributed by atoms with Crippen molar-refractivity contribution < 1.29 is 0 Å². The van der Waals surface area contributed by atoms with E-state index in [0.717, 1.165) is 0 Å². The van der Waals surface area contributed by atoms with Crippen molar-refractivity contribution in [3.63, 3.8) is 0 Å². The third-order valence-electron chi connectivity index (χ3n) is 9.17. The molecule has 0 saturated carbocycles. The number of thiophene rings is 4. The number of hydrogen-bond donors (Lipinski definition) is 0. The second-order valence-electron chi connectivity index (χ2n) is 13.2. The van der Waals surface area contributed by atoms with Gasteiger partial charge >= 0.3 is 0 Å². The van der Waals surface area contributed by atoms with E-state index < -0.39 is 0 Å². The minimum atomic E-state index is 1.20. The van der Waals surface area contributed by atoms with Crippen LogP contribution in [0.25, 0.3) is 52.9 Å². The summed E-state index contributed by atoms with van der Waals surface area (Å²) in [5.74, 6) is 0. The van der Waals surface area contributed by atoms with Crippen molar-refractivity contribution in [3.05, 3.63) is 105 Å².